The Morgan fingerprint density at radius 2 is 1.91 bits per heavy atom. The van der Waals surface area contributed by atoms with Gasteiger partial charge in [-0.25, -0.2) is 4.57 Å². The van der Waals surface area contributed by atoms with Gasteiger partial charge in [-0.3, -0.25) is 9.42 Å². The maximum Gasteiger partial charge on any atom is 0.366 e. The summed E-state index contributed by atoms with van der Waals surface area (Å²) in [6.45, 7) is 0.397. The molecule has 0 bridgehead atoms. The number of unbranched alkanes of at least 4 members (excludes halogenated alkanes) is 3. The Hall–Kier alpha value is 0.500. The maximum absolute atomic E-state index is 10.0. The minimum absolute atomic E-state index is 0.397. The Labute approximate surface area is 76.2 Å². The molecule has 0 aliphatic rings. The zero-order valence-corrected chi connectivity index (χ0v) is 8.81. The molecular weight excluding hydrogens is 231 g/mol. The van der Waals surface area contributed by atoms with Crippen LogP contribution in [0.1, 0.15) is 25.7 Å². The van der Waals surface area contributed by atoms with Crippen LogP contribution in [0.5, 0.6) is 0 Å². The average molecular weight is 244 g/mol. The molecule has 0 spiro atoms. The molecule has 0 amide bonds. The molecule has 3 nitrogen and oxygen atoms in total. The van der Waals surface area contributed by atoms with Gasteiger partial charge in [-0.15, -0.1) is 0 Å². The van der Waals surface area contributed by atoms with Crippen molar-refractivity contribution in [2.75, 3.05) is 11.9 Å². The number of hydrogen-bond donors (Lipinski definition) is 1. The molecule has 0 rings (SSSR count). The molecule has 0 aromatic heterocycles. The number of halogens is 1. The van der Waals surface area contributed by atoms with E-state index in [-0.39, 0.29) is 0 Å². The highest BCUT2D eigenvalue weighted by atomic mass is 79.9. The fourth-order valence-corrected chi connectivity index (χ4v) is 1.37. The highest BCUT2D eigenvalue weighted by Gasteiger charge is 1.93. The molecule has 1 atom stereocenters. The lowest BCUT2D eigenvalue weighted by Gasteiger charge is -1.97. The second kappa shape index (κ2) is 8.60. The highest BCUT2D eigenvalue weighted by molar-refractivity contribution is 9.09. The van der Waals surface area contributed by atoms with E-state index in [9.17, 15) is 4.57 Å². The molecule has 11 heavy (non-hydrogen) atoms. The number of rotatable bonds is 7. The molecular formula is C6H13BrO3P. The van der Waals surface area contributed by atoms with E-state index < -0.39 is 8.25 Å². The van der Waals surface area contributed by atoms with Crippen LogP contribution in [0.3, 0.4) is 0 Å². The fraction of sp³-hybridized carbons (Fsp3) is 1.00. The van der Waals surface area contributed by atoms with E-state index in [2.05, 4.69) is 20.5 Å². The van der Waals surface area contributed by atoms with E-state index in [4.69, 9.17) is 4.89 Å². The van der Waals surface area contributed by atoms with Crippen LogP contribution in [-0.2, 0) is 9.09 Å². The Morgan fingerprint density at radius 1 is 1.27 bits per heavy atom. The summed E-state index contributed by atoms with van der Waals surface area (Å²) in [5.74, 6) is 0. The lowest BCUT2D eigenvalue weighted by molar-refractivity contribution is 0.274. The first-order valence-corrected chi connectivity index (χ1v) is 5.87. The van der Waals surface area contributed by atoms with E-state index in [0.29, 0.717) is 6.61 Å². The Balaban J connectivity index is 2.85. The first kappa shape index (κ1) is 11.5. The summed E-state index contributed by atoms with van der Waals surface area (Å²) < 4.78 is 14.5. The largest absolute Gasteiger partial charge is 0.366 e. The van der Waals surface area contributed by atoms with Crippen molar-refractivity contribution in [2.45, 2.75) is 25.7 Å². The third kappa shape index (κ3) is 10.5. The lowest BCUT2D eigenvalue weighted by Crippen LogP contribution is -1.87. The van der Waals surface area contributed by atoms with Gasteiger partial charge in [-0.1, -0.05) is 28.8 Å². The minimum Gasteiger partial charge on any atom is -0.298 e. The molecule has 1 unspecified atom stereocenters. The summed E-state index contributed by atoms with van der Waals surface area (Å²) in [6, 6.07) is 0. The van der Waals surface area contributed by atoms with Gasteiger partial charge in [0, 0.05) is 5.33 Å². The van der Waals surface area contributed by atoms with Crippen LogP contribution in [0.4, 0.5) is 0 Å². The van der Waals surface area contributed by atoms with Crippen LogP contribution in [0.25, 0.3) is 0 Å². The summed E-state index contributed by atoms with van der Waals surface area (Å²) in [6.07, 6.45) is 4.24. The van der Waals surface area contributed by atoms with Crippen LogP contribution >= 0.6 is 24.2 Å². The molecule has 0 aliphatic carbocycles. The quantitative estimate of drug-likeness (QED) is 0.425. The summed E-state index contributed by atoms with van der Waals surface area (Å²) in [5, 5.41) is 1.03. The first-order chi connectivity index (χ1) is 5.27. The van der Waals surface area contributed by atoms with Crippen molar-refractivity contribution < 1.29 is 14.0 Å². The van der Waals surface area contributed by atoms with Crippen molar-refractivity contribution in [1.29, 1.82) is 0 Å². The molecule has 0 aliphatic heterocycles. The Kier molecular flexibility index (Phi) is 8.99. The summed E-state index contributed by atoms with van der Waals surface area (Å²) >= 11 is 3.32. The molecule has 0 heterocycles. The summed E-state index contributed by atoms with van der Waals surface area (Å²) in [4.78, 5) is 8.23. The molecule has 67 valence electrons. The molecule has 0 saturated heterocycles. The van der Waals surface area contributed by atoms with Crippen LogP contribution in [0, 0.1) is 0 Å². The second-order valence-corrected chi connectivity index (χ2v) is 3.70. The maximum atomic E-state index is 10.0. The molecule has 1 radical (unpaired) electrons. The van der Waals surface area contributed by atoms with Gasteiger partial charge in [0.05, 0.1) is 6.61 Å². The molecule has 5 heteroatoms. The van der Waals surface area contributed by atoms with Gasteiger partial charge in [0.25, 0.3) is 0 Å². The predicted octanol–water partition coefficient (Wildman–Crippen LogP) is 2.61. The number of alkyl halides is 1. The first-order valence-electron chi connectivity index (χ1n) is 3.62. The van der Waals surface area contributed by atoms with E-state index in [0.717, 1.165) is 31.0 Å². The van der Waals surface area contributed by atoms with Crippen LogP contribution in [0.2, 0.25) is 0 Å². The monoisotopic (exact) mass is 243 g/mol. The van der Waals surface area contributed by atoms with Gasteiger partial charge in [0.15, 0.2) is 0 Å². The van der Waals surface area contributed by atoms with Gasteiger partial charge in [-0.05, 0) is 12.8 Å². The third-order valence-corrected chi connectivity index (χ3v) is 2.19. The van der Waals surface area contributed by atoms with E-state index >= 15 is 0 Å². The minimum atomic E-state index is -2.38. The number of hydrogen-bond acceptors (Lipinski definition) is 2. The topological polar surface area (TPSA) is 46.5 Å². The third-order valence-electron chi connectivity index (χ3n) is 1.23. The Bertz CT molecular complexity index is 110. The van der Waals surface area contributed by atoms with E-state index in [1.807, 2.05) is 0 Å². The van der Waals surface area contributed by atoms with Crippen molar-refractivity contribution in [1.82, 2.24) is 0 Å². The van der Waals surface area contributed by atoms with Gasteiger partial charge in [0.1, 0.15) is 0 Å². The fourth-order valence-electron chi connectivity index (χ4n) is 0.693. The molecule has 0 aromatic rings. The van der Waals surface area contributed by atoms with Crippen molar-refractivity contribution in [3.05, 3.63) is 0 Å². The summed E-state index contributed by atoms with van der Waals surface area (Å²) in [5.41, 5.74) is 0. The molecule has 0 aromatic carbocycles. The Morgan fingerprint density at radius 3 is 2.45 bits per heavy atom. The standard InChI is InChI=1S/C6H13BrO3P/c7-5-3-1-2-4-6-10-11(8)9/h1-6H2,(H,8,9). The zero-order chi connectivity index (χ0) is 8.53. The molecule has 0 fully saturated rings. The highest BCUT2D eigenvalue weighted by Crippen LogP contribution is 2.15. The van der Waals surface area contributed by atoms with Crippen LogP contribution in [0.15, 0.2) is 0 Å². The van der Waals surface area contributed by atoms with E-state index in [1.165, 1.54) is 0 Å². The summed E-state index contributed by atoms with van der Waals surface area (Å²) in [7, 11) is -2.38. The van der Waals surface area contributed by atoms with Gasteiger partial charge < -0.3 is 0 Å². The predicted molar refractivity (Wildman–Crippen MR) is 48.0 cm³/mol. The normalized spacial score (nSPS) is 11.6. The van der Waals surface area contributed by atoms with Crippen molar-refractivity contribution in [2.24, 2.45) is 0 Å². The van der Waals surface area contributed by atoms with Crippen LogP contribution < -0.4 is 0 Å². The van der Waals surface area contributed by atoms with Crippen molar-refractivity contribution >= 4 is 24.2 Å². The lowest BCUT2D eigenvalue weighted by atomic mass is 10.2. The van der Waals surface area contributed by atoms with Crippen molar-refractivity contribution in [3.8, 4) is 0 Å². The van der Waals surface area contributed by atoms with Gasteiger partial charge in [0.2, 0.25) is 0 Å². The second-order valence-electron chi connectivity index (χ2n) is 2.17. The van der Waals surface area contributed by atoms with Crippen LogP contribution in [-0.4, -0.2) is 16.8 Å². The molecule has 0 saturated carbocycles. The average Bonchev–Trinajstić information content (AvgIpc) is 1.96. The van der Waals surface area contributed by atoms with Gasteiger partial charge >= 0.3 is 8.25 Å². The van der Waals surface area contributed by atoms with Crippen molar-refractivity contribution in [3.63, 3.8) is 0 Å². The zero-order valence-electron chi connectivity index (χ0n) is 6.33. The smallest absolute Gasteiger partial charge is 0.298 e. The van der Waals surface area contributed by atoms with Gasteiger partial charge in [-0.2, -0.15) is 0 Å². The SMILES string of the molecule is O=[P](O)OCCCCCCBr. The van der Waals surface area contributed by atoms with E-state index in [1.54, 1.807) is 0 Å². The molecule has 1 N–H and O–H groups in total.